The van der Waals surface area contributed by atoms with Crippen LogP contribution in [0.25, 0.3) is 0 Å². The minimum Gasteiger partial charge on any atom is -0.460 e. The van der Waals surface area contributed by atoms with Crippen molar-refractivity contribution in [2.24, 2.45) is 86.8 Å². The largest absolute Gasteiger partial charge is 0.460 e. The summed E-state index contributed by atoms with van der Waals surface area (Å²) in [5.74, 6) is 1.72. The van der Waals surface area contributed by atoms with Crippen LogP contribution in [-0.4, -0.2) is 149 Å². The van der Waals surface area contributed by atoms with Crippen LogP contribution in [0.15, 0.2) is 73.3 Å². The SMILES string of the molecule is CC12CC3CC(C1)C(C3O)N(C(=O)c1ccc(F)cn1)C2.CC12CC3CC(C1)C(C3OC(=O)C1CC1)N(C(=O)c1ccc(F)cn1)C2.CC12CC3CC(C1)C(C3OC(=O)C1CC1)N(C(=O)c1ccc(F)cn1)C2.CC1C2CC3CC(C)(C2)CN(C(=O)c2ccc(F)cn2)C31. The highest BCUT2D eigenvalue weighted by Gasteiger charge is 2.64. The Balaban J connectivity index is 0.000000104. The number of halogens is 4. The molecule has 14 fully saturated rings. The predicted molar refractivity (Wildman–Crippen MR) is 332 cm³/mol. The number of hydrogen-bond acceptors (Lipinski definition) is 13. The predicted octanol–water partition coefficient (Wildman–Crippen LogP) is 10.6. The Labute approximate surface area is 545 Å². The van der Waals surface area contributed by atoms with Crippen molar-refractivity contribution < 1.29 is 60.9 Å². The maximum atomic E-state index is 13.2. The molecule has 4 aliphatic heterocycles. The summed E-state index contributed by atoms with van der Waals surface area (Å²) in [6.07, 6.45) is 20.2. The Hall–Kier alpha value is -6.90. The molecule has 500 valence electrons. The number of pyridine rings is 4. The van der Waals surface area contributed by atoms with Crippen LogP contribution < -0.4 is 0 Å². The van der Waals surface area contributed by atoms with Crippen LogP contribution in [0.1, 0.15) is 179 Å². The topological polar surface area (TPSA) is 206 Å². The van der Waals surface area contributed by atoms with Gasteiger partial charge < -0.3 is 34.2 Å². The highest BCUT2D eigenvalue weighted by atomic mass is 19.1. The fraction of sp³-hybridized carbons (Fsp3) is 0.644. The Kier molecular flexibility index (Phi) is 15.8. The van der Waals surface area contributed by atoms with Crippen molar-refractivity contribution in [1.82, 2.24) is 39.5 Å². The summed E-state index contributed by atoms with van der Waals surface area (Å²) < 4.78 is 64.2. The van der Waals surface area contributed by atoms with Gasteiger partial charge in [-0.2, -0.15) is 0 Å². The monoisotopic (exact) mass is 1290 g/mol. The second kappa shape index (κ2) is 23.4. The lowest BCUT2D eigenvalue weighted by atomic mass is 9.67. The van der Waals surface area contributed by atoms with Crippen molar-refractivity contribution >= 4 is 35.6 Å². The number of aromatic nitrogens is 4. The number of fused-ring (bicyclic) bond motifs is 8. The molecule has 94 heavy (non-hydrogen) atoms. The molecule has 10 aliphatic carbocycles. The minimum atomic E-state index is -0.454. The molecule has 20 atom stereocenters. The molecule has 21 heteroatoms. The van der Waals surface area contributed by atoms with Gasteiger partial charge in [0.05, 0.1) is 60.9 Å². The molecule has 4 amide bonds. The fourth-order valence-electron chi connectivity index (χ4n) is 21.5. The van der Waals surface area contributed by atoms with E-state index in [2.05, 4.69) is 54.6 Å². The van der Waals surface area contributed by atoms with Gasteiger partial charge in [0, 0.05) is 32.2 Å². The Morgan fingerprint density at radius 2 is 0.681 bits per heavy atom. The van der Waals surface area contributed by atoms with Crippen molar-refractivity contribution in [2.75, 3.05) is 26.2 Å². The number of likely N-dealkylation sites (tertiary alicyclic amines) is 4. The maximum Gasteiger partial charge on any atom is 0.309 e. The number of hydrogen-bond donors (Lipinski definition) is 1. The first kappa shape index (κ1) is 63.2. The van der Waals surface area contributed by atoms with Gasteiger partial charge in [0.15, 0.2) is 0 Å². The lowest BCUT2D eigenvalue weighted by Gasteiger charge is -2.48. The third-order valence-electron chi connectivity index (χ3n) is 24.9. The van der Waals surface area contributed by atoms with Gasteiger partial charge in [0.1, 0.15) is 58.3 Å². The molecule has 1 N–H and O–H groups in total. The number of aliphatic hydroxyl groups excluding tert-OH is 1. The number of amides is 4. The zero-order valence-electron chi connectivity index (χ0n) is 54.3. The van der Waals surface area contributed by atoms with Gasteiger partial charge in [-0.25, -0.2) is 37.5 Å². The number of aliphatic hydroxyl groups is 1. The normalized spacial score (nSPS) is 39.0. The molecular formula is C73H86F4N8O9. The number of rotatable bonds is 8. The van der Waals surface area contributed by atoms with E-state index in [1.165, 1.54) is 67.8 Å². The van der Waals surface area contributed by atoms with E-state index in [4.69, 9.17) is 9.47 Å². The van der Waals surface area contributed by atoms with E-state index in [0.29, 0.717) is 78.7 Å². The van der Waals surface area contributed by atoms with Gasteiger partial charge in [0.25, 0.3) is 23.6 Å². The second-order valence-corrected chi connectivity index (χ2v) is 32.7. The molecule has 18 rings (SSSR count). The molecule has 4 aromatic rings. The van der Waals surface area contributed by atoms with Crippen molar-refractivity contribution in [3.63, 3.8) is 0 Å². The van der Waals surface area contributed by atoms with Crippen LogP contribution >= 0.6 is 0 Å². The van der Waals surface area contributed by atoms with E-state index in [1.807, 2.05) is 14.7 Å². The van der Waals surface area contributed by atoms with E-state index in [0.717, 1.165) is 121 Å². The number of carbonyl (C=O) groups excluding carboxylic acids is 6. The highest BCUT2D eigenvalue weighted by molar-refractivity contribution is 5.94. The molecule has 17 nitrogen and oxygen atoms in total. The number of carbonyl (C=O) groups is 6. The molecule has 8 heterocycles. The average Bonchev–Trinajstić information content (AvgIpc) is 1.59. The van der Waals surface area contributed by atoms with E-state index < -0.39 is 29.4 Å². The van der Waals surface area contributed by atoms with Gasteiger partial charge in [-0.15, -0.1) is 0 Å². The third kappa shape index (κ3) is 11.7. The Bertz CT molecular complexity index is 3410. The van der Waals surface area contributed by atoms with Crippen molar-refractivity contribution in [2.45, 2.75) is 180 Å². The maximum absolute atomic E-state index is 13.2. The van der Waals surface area contributed by atoms with Crippen LogP contribution in [0.5, 0.6) is 0 Å². The van der Waals surface area contributed by atoms with Crippen LogP contribution in [0.3, 0.4) is 0 Å². The first-order chi connectivity index (χ1) is 44.8. The summed E-state index contributed by atoms with van der Waals surface area (Å²) in [6, 6.07) is 11.0. The number of ether oxygens (including phenoxy) is 2. The molecular weight excluding hydrogens is 1210 g/mol. The number of nitrogens with zero attached hydrogens (tertiary/aromatic N) is 8. The molecule has 12 bridgehead atoms. The standard InChI is InChI=1S/2C20H23FN2O3.C17H21FN2O.C16H19FN2O2/c2*1-20-7-12-6-13(8-20)17(26-19(25)11-2-3-11)16(12)23(10-20)18(24)15-5-4-14(21)9-22-15;1-10-11-5-12-7-17(2,6-11)9-20(15(10)12)16(21)14-4-3-13(18)8-19-14;1-16-5-9-4-10(6-16)14(20)13(9)19(8-16)15(21)12-3-2-11(17)7-18-12/h2*4-5,9,11-13,16-17H,2-3,6-8,10H2,1H3;3-4,8,10-12,15H,5-7,9H2,1-2H3;2-3,7,9-10,13-14,20H,4-6,8H2,1H3. The van der Waals surface area contributed by atoms with E-state index in [9.17, 15) is 51.4 Å². The van der Waals surface area contributed by atoms with Gasteiger partial charge in [-0.1, -0.05) is 34.6 Å². The molecule has 10 saturated carbocycles. The lowest BCUT2D eigenvalue weighted by Crippen LogP contribution is -2.55. The lowest BCUT2D eigenvalue weighted by molar-refractivity contribution is -0.155. The first-order valence-corrected chi connectivity index (χ1v) is 34.6. The minimum absolute atomic E-state index is 0.0228. The van der Waals surface area contributed by atoms with Crippen molar-refractivity contribution in [1.29, 1.82) is 0 Å². The highest BCUT2D eigenvalue weighted by Crippen LogP contribution is 2.62. The zero-order chi connectivity index (χ0) is 65.7. The Morgan fingerprint density at radius 1 is 0.404 bits per heavy atom. The van der Waals surface area contributed by atoms with Crippen LogP contribution in [0, 0.1) is 110 Å². The molecule has 4 aromatic heterocycles. The van der Waals surface area contributed by atoms with Crippen LogP contribution in [0.2, 0.25) is 0 Å². The number of esters is 2. The van der Waals surface area contributed by atoms with Gasteiger partial charge in [-0.05, 0) is 226 Å². The van der Waals surface area contributed by atoms with E-state index in [-0.39, 0.29) is 116 Å². The summed E-state index contributed by atoms with van der Waals surface area (Å²) in [4.78, 5) is 99.9. The molecule has 20 unspecified atom stereocenters. The summed E-state index contributed by atoms with van der Waals surface area (Å²) in [5, 5.41) is 10.5. The number of piperidine rings is 4. The van der Waals surface area contributed by atoms with Gasteiger partial charge in [0.2, 0.25) is 0 Å². The molecule has 4 saturated heterocycles. The summed E-state index contributed by atoms with van der Waals surface area (Å²) in [6.45, 7) is 14.1. The van der Waals surface area contributed by atoms with Crippen molar-refractivity contribution in [3.05, 3.63) is 119 Å². The summed E-state index contributed by atoms with van der Waals surface area (Å²) in [7, 11) is 0. The quantitative estimate of drug-likeness (QED) is 0.129. The summed E-state index contributed by atoms with van der Waals surface area (Å²) >= 11 is 0. The van der Waals surface area contributed by atoms with Gasteiger partial charge in [-0.3, -0.25) is 28.8 Å². The van der Waals surface area contributed by atoms with Crippen LogP contribution in [0.4, 0.5) is 17.6 Å². The van der Waals surface area contributed by atoms with Crippen LogP contribution in [-0.2, 0) is 19.1 Å². The zero-order valence-corrected chi connectivity index (χ0v) is 54.3. The molecule has 0 spiro atoms. The first-order valence-electron chi connectivity index (χ1n) is 34.6. The Morgan fingerprint density at radius 3 is 1.02 bits per heavy atom. The van der Waals surface area contributed by atoms with E-state index in [1.54, 1.807) is 4.90 Å². The average molecular weight is 1300 g/mol. The van der Waals surface area contributed by atoms with E-state index >= 15 is 0 Å². The third-order valence-corrected chi connectivity index (χ3v) is 24.9. The van der Waals surface area contributed by atoms with Gasteiger partial charge >= 0.3 is 11.9 Å². The molecule has 0 aromatic carbocycles. The molecule has 0 radical (unpaired) electrons. The fourth-order valence-corrected chi connectivity index (χ4v) is 21.5. The van der Waals surface area contributed by atoms with Crippen molar-refractivity contribution in [3.8, 4) is 0 Å². The molecule has 14 aliphatic rings. The smallest absolute Gasteiger partial charge is 0.309 e. The second-order valence-electron chi connectivity index (χ2n) is 32.7. The summed E-state index contributed by atoms with van der Waals surface area (Å²) in [5.41, 5.74) is 1.61.